The molecule has 2 N–H and O–H groups in total. The lowest BCUT2D eigenvalue weighted by molar-refractivity contribution is 0.390. The van der Waals surface area contributed by atoms with Gasteiger partial charge in [-0.3, -0.25) is 5.41 Å². The van der Waals surface area contributed by atoms with Gasteiger partial charge < -0.3 is 9.64 Å². The quantitative estimate of drug-likeness (QED) is 0.650. The second kappa shape index (κ2) is 6.33. The minimum Gasteiger partial charge on any atom is -0.484 e. The number of benzene rings is 2. The van der Waals surface area contributed by atoms with Crippen LogP contribution in [-0.2, 0) is 14.8 Å². The maximum atomic E-state index is 12.5. The molecular formula is C15H19N3O3S. The van der Waals surface area contributed by atoms with Crippen LogP contribution in [0, 0.1) is 5.41 Å². The molecule has 0 aliphatic heterocycles. The van der Waals surface area contributed by atoms with Gasteiger partial charge in [-0.25, -0.2) is 13.1 Å². The predicted molar refractivity (Wildman–Crippen MR) is 88.2 cm³/mol. The number of nitrogens with one attached hydrogen (secondary N) is 2. The van der Waals surface area contributed by atoms with Crippen LogP contribution in [0.1, 0.15) is 0 Å². The third-order valence-electron chi connectivity index (χ3n) is 3.30. The van der Waals surface area contributed by atoms with Crippen LogP contribution in [-0.4, -0.2) is 42.1 Å². The Morgan fingerprint density at radius 2 is 1.82 bits per heavy atom. The Morgan fingerprint density at radius 3 is 2.45 bits per heavy atom. The summed E-state index contributed by atoms with van der Waals surface area (Å²) in [7, 11) is 1.43. The van der Waals surface area contributed by atoms with Gasteiger partial charge >= 0.3 is 0 Å². The lowest BCUT2D eigenvalue weighted by Crippen LogP contribution is -2.30. The summed E-state index contributed by atoms with van der Waals surface area (Å²) in [6.45, 7) is -0.178. The summed E-state index contributed by atoms with van der Waals surface area (Å²) in [4.78, 5) is 2.13. The van der Waals surface area contributed by atoms with Crippen LogP contribution in [0.5, 0.6) is 0 Å². The molecule has 22 heavy (non-hydrogen) atoms. The number of nitrogens with zero attached hydrogens (tertiary/aromatic N) is 1. The summed E-state index contributed by atoms with van der Waals surface area (Å²) in [6.07, 6.45) is 0. The number of fused-ring (bicyclic) bond motifs is 1. The van der Waals surface area contributed by atoms with Crippen molar-refractivity contribution in [2.75, 3.05) is 32.6 Å². The van der Waals surface area contributed by atoms with E-state index in [0.717, 1.165) is 11.1 Å². The van der Waals surface area contributed by atoms with Gasteiger partial charge in [-0.1, -0.05) is 24.3 Å². The number of methoxy groups -OCH3 is 1. The van der Waals surface area contributed by atoms with E-state index >= 15 is 0 Å². The van der Waals surface area contributed by atoms with Crippen molar-refractivity contribution in [3.63, 3.8) is 0 Å². The van der Waals surface area contributed by atoms with Gasteiger partial charge in [-0.05, 0) is 12.1 Å². The largest absolute Gasteiger partial charge is 0.484 e. The molecule has 0 aromatic heterocycles. The molecule has 118 valence electrons. The molecule has 0 radical (unpaired) electrons. The minimum absolute atomic E-state index is 0.141. The van der Waals surface area contributed by atoms with Gasteiger partial charge in [0.2, 0.25) is 10.0 Å². The fourth-order valence-electron chi connectivity index (χ4n) is 2.20. The highest BCUT2D eigenvalue weighted by atomic mass is 32.2. The molecule has 0 aliphatic rings. The van der Waals surface area contributed by atoms with Crippen molar-refractivity contribution < 1.29 is 13.2 Å². The third-order valence-corrected chi connectivity index (χ3v) is 4.76. The summed E-state index contributed by atoms with van der Waals surface area (Å²) in [5.74, 6) is -0.141. The van der Waals surface area contributed by atoms with Crippen molar-refractivity contribution in [1.82, 2.24) is 4.72 Å². The zero-order valence-electron chi connectivity index (χ0n) is 12.8. The summed E-state index contributed by atoms with van der Waals surface area (Å²) in [6, 6.07) is 10.7. The maximum Gasteiger partial charge on any atom is 0.241 e. The molecule has 0 heterocycles. The molecule has 0 unspecified atom stereocenters. The number of hydrogen-bond acceptors (Lipinski definition) is 5. The topological polar surface area (TPSA) is 82.5 Å². The number of hydrogen-bond donors (Lipinski definition) is 2. The van der Waals surface area contributed by atoms with Crippen LogP contribution in [0.25, 0.3) is 10.8 Å². The van der Waals surface area contributed by atoms with E-state index in [2.05, 4.69) is 9.46 Å². The molecule has 0 spiro atoms. The molecule has 0 amide bonds. The Kier molecular flexibility index (Phi) is 4.68. The first kappa shape index (κ1) is 16.3. The Labute approximate surface area is 130 Å². The van der Waals surface area contributed by atoms with E-state index in [9.17, 15) is 8.42 Å². The highest BCUT2D eigenvalue weighted by Gasteiger charge is 2.18. The highest BCUT2D eigenvalue weighted by molar-refractivity contribution is 7.89. The van der Waals surface area contributed by atoms with Crippen molar-refractivity contribution in [2.45, 2.75) is 4.90 Å². The Bertz CT molecular complexity index is 801. The standard InChI is InChI=1S/C15H19N3O3S/c1-18(2)13-8-4-7-12-11(13)6-5-9-14(12)22(19,20)17-10-15(16)21-3/h4-9,16-17H,10H2,1-3H3. The molecular weight excluding hydrogens is 302 g/mol. The number of ether oxygens (including phenoxy) is 1. The summed E-state index contributed by atoms with van der Waals surface area (Å²) >= 11 is 0. The third kappa shape index (κ3) is 3.20. The zero-order valence-corrected chi connectivity index (χ0v) is 13.6. The van der Waals surface area contributed by atoms with E-state index in [1.807, 2.05) is 37.2 Å². The first-order chi connectivity index (χ1) is 10.4. The molecule has 6 nitrogen and oxygen atoms in total. The molecule has 0 atom stereocenters. The van der Waals surface area contributed by atoms with Crippen LogP contribution < -0.4 is 9.62 Å². The number of sulfonamides is 1. The Morgan fingerprint density at radius 1 is 1.18 bits per heavy atom. The lowest BCUT2D eigenvalue weighted by atomic mass is 10.1. The Balaban J connectivity index is 2.52. The van der Waals surface area contributed by atoms with E-state index in [1.54, 1.807) is 18.2 Å². The minimum atomic E-state index is -3.72. The van der Waals surface area contributed by atoms with Crippen LogP contribution in [0.4, 0.5) is 5.69 Å². The highest BCUT2D eigenvalue weighted by Crippen LogP contribution is 2.29. The average molecular weight is 321 g/mol. The monoisotopic (exact) mass is 321 g/mol. The summed E-state index contributed by atoms with van der Waals surface area (Å²) < 4.78 is 32.0. The molecule has 0 saturated heterocycles. The van der Waals surface area contributed by atoms with E-state index in [0.29, 0.717) is 5.39 Å². The van der Waals surface area contributed by atoms with E-state index in [4.69, 9.17) is 5.41 Å². The molecule has 0 bridgehead atoms. The van der Waals surface area contributed by atoms with Crippen molar-refractivity contribution in [3.8, 4) is 0 Å². The zero-order chi connectivity index (χ0) is 16.3. The van der Waals surface area contributed by atoms with Gasteiger partial charge in [0.05, 0.1) is 18.6 Å². The second-order valence-electron chi connectivity index (χ2n) is 4.97. The van der Waals surface area contributed by atoms with Gasteiger partial charge in [0.15, 0.2) is 5.90 Å². The van der Waals surface area contributed by atoms with Crippen molar-refractivity contribution in [2.24, 2.45) is 0 Å². The predicted octanol–water partition coefficient (Wildman–Crippen LogP) is 1.81. The van der Waals surface area contributed by atoms with Gasteiger partial charge in [-0.2, -0.15) is 0 Å². The normalized spacial score (nSPS) is 11.4. The second-order valence-corrected chi connectivity index (χ2v) is 6.71. The van der Waals surface area contributed by atoms with Crippen molar-refractivity contribution in [1.29, 1.82) is 5.41 Å². The first-order valence-electron chi connectivity index (χ1n) is 6.67. The van der Waals surface area contributed by atoms with Gasteiger partial charge in [0, 0.05) is 30.6 Å². The fraction of sp³-hybridized carbons (Fsp3) is 0.267. The average Bonchev–Trinajstić information content (AvgIpc) is 2.51. The molecule has 0 fully saturated rings. The van der Waals surface area contributed by atoms with Gasteiger partial charge in [0.25, 0.3) is 0 Å². The smallest absolute Gasteiger partial charge is 0.241 e. The van der Waals surface area contributed by atoms with Crippen LogP contribution in [0.2, 0.25) is 0 Å². The van der Waals surface area contributed by atoms with E-state index in [1.165, 1.54) is 7.11 Å². The summed E-state index contributed by atoms with van der Waals surface area (Å²) in [5, 5.41) is 8.88. The van der Waals surface area contributed by atoms with Crippen LogP contribution in [0.15, 0.2) is 41.3 Å². The van der Waals surface area contributed by atoms with Gasteiger partial charge in [-0.15, -0.1) is 0 Å². The number of rotatable bonds is 5. The molecule has 2 aromatic carbocycles. The molecule has 2 aromatic rings. The molecule has 2 rings (SSSR count). The van der Waals surface area contributed by atoms with Crippen LogP contribution in [0.3, 0.4) is 0 Å². The lowest BCUT2D eigenvalue weighted by Gasteiger charge is -2.17. The van der Waals surface area contributed by atoms with E-state index < -0.39 is 10.0 Å². The SMILES string of the molecule is COC(=N)CNS(=O)(=O)c1cccc2c(N(C)C)cccc12. The number of anilines is 1. The van der Waals surface area contributed by atoms with Crippen LogP contribution >= 0.6 is 0 Å². The summed E-state index contributed by atoms with van der Waals surface area (Å²) in [5.41, 5.74) is 0.944. The Hall–Kier alpha value is -2.12. The molecule has 0 aliphatic carbocycles. The molecule has 0 saturated carbocycles. The fourth-order valence-corrected chi connectivity index (χ4v) is 3.40. The van der Waals surface area contributed by atoms with Crippen molar-refractivity contribution in [3.05, 3.63) is 36.4 Å². The first-order valence-corrected chi connectivity index (χ1v) is 8.15. The maximum absolute atomic E-state index is 12.5. The van der Waals surface area contributed by atoms with Gasteiger partial charge in [0.1, 0.15) is 0 Å². The van der Waals surface area contributed by atoms with Crippen molar-refractivity contribution >= 4 is 32.4 Å². The van der Waals surface area contributed by atoms with E-state index in [-0.39, 0.29) is 17.3 Å². The molecule has 7 heteroatoms.